The van der Waals surface area contributed by atoms with Crippen LogP contribution in [-0.2, 0) is 12.8 Å². The third-order valence-electron chi connectivity index (χ3n) is 3.72. The molecule has 0 aliphatic rings. The van der Waals surface area contributed by atoms with Crippen molar-refractivity contribution in [1.29, 1.82) is 0 Å². The van der Waals surface area contributed by atoms with Gasteiger partial charge in [0.1, 0.15) is 17.3 Å². The molecule has 0 amide bonds. The molecular weight excluding hydrogens is 335 g/mol. The Morgan fingerprint density at radius 2 is 1.56 bits per heavy atom. The van der Waals surface area contributed by atoms with Crippen molar-refractivity contribution in [3.63, 3.8) is 0 Å². The summed E-state index contributed by atoms with van der Waals surface area (Å²) < 4.78 is 20.0. The number of halogens is 2. The monoisotopic (exact) mass is 352 g/mol. The number of hydrogen-bond donors (Lipinski definition) is 0. The van der Waals surface area contributed by atoms with Gasteiger partial charge in [0, 0.05) is 11.4 Å². The quantitative estimate of drug-likeness (QED) is 0.475. The molecule has 0 saturated carbocycles. The van der Waals surface area contributed by atoms with Gasteiger partial charge in [-0.25, -0.2) is 4.39 Å². The lowest BCUT2D eigenvalue weighted by molar-refractivity contribution is 0.482. The highest BCUT2D eigenvalue weighted by molar-refractivity contribution is 6.30. The first kappa shape index (κ1) is 17.2. The zero-order chi connectivity index (χ0) is 17.5. The van der Waals surface area contributed by atoms with E-state index >= 15 is 0 Å². The second-order valence-electron chi connectivity index (χ2n) is 5.72. The van der Waals surface area contributed by atoms with E-state index < -0.39 is 0 Å². The van der Waals surface area contributed by atoms with E-state index in [2.05, 4.69) is 0 Å². The van der Waals surface area contributed by atoms with Crippen LogP contribution in [0.4, 0.5) is 4.39 Å². The number of ether oxygens (including phenoxy) is 1. The normalized spacial score (nSPS) is 11.4. The molecule has 0 heterocycles. The molecule has 0 N–H and O–H groups in total. The van der Waals surface area contributed by atoms with Gasteiger partial charge < -0.3 is 4.74 Å². The molecule has 0 aliphatic heterocycles. The molecule has 3 rings (SSSR count). The first-order valence-corrected chi connectivity index (χ1v) is 8.48. The molecule has 126 valence electrons. The van der Waals surface area contributed by atoms with E-state index in [4.69, 9.17) is 16.3 Å². The summed E-state index contributed by atoms with van der Waals surface area (Å²) in [5.74, 6) is 1.31. The predicted octanol–water partition coefficient (Wildman–Crippen LogP) is 6.77. The molecule has 0 bridgehead atoms. The molecule has 0 fully saturated rings. The van der Waals surface area contributed by atoms with Crippen LogP contribution in [0.5, 0.6) is 11.5 Å². The van der Waals surface area contributed by atoms with Crippen LogP contribution in [0.25, 0.3) is 0 Å². The average Bonchev–Trinajstić information content (AvgIpc) is 2.62. The Labute approximate surface area is 152 Å². The average molecular weight is 353 g/mol. The molecule has 0 unspecified atom stereocenters. The van der Waals surface area contributed by atoms with Gasteiger partial charge in [-0.15, -0.1) is 0 Å². The summed E-state index contributed by atoms with van der Waals surface area (Å²) in [4.78, 5) is 0. The highest BCUT2D eigenvalue weighted by Gasteiger charge is 2.02. The molecule has 0 aromatic heterocycles. The maximum absolute atomic E-state index is 14.2. The highest BCUT2D eigenvalue weighted by Crippen LogP contribution is 2.23. The maximum atomic E-state index is 14.2. The summed E-state index contributed by atoms with van der Waals surface area (Å²) in [6, 6.07) is 24.5. The van der Waals surface area contributed by atoms with Crippen LogP contribution in [0.15, 0.2) is 90.8 Å². The molecular formula is C22H18ClFO. The summed E-state index contributed by atoms with van der Waals surface area (Å²) in [6.07, 6.45) is 2.40. The van der Waals surface area contributed by atoms with Gasteiger partial charge in [0.2, 0.25) is 0 Å². The van der Waals surface area contributed by atoms with E-state index in [1.54, 1.807) is 6.08 Å². The highest BCUT2D eigenvalue weighted by atomic mass is 35.5. The van der Waals surface area contributed by atoms with Crippen LogP contribution in [0.1, 0.15) is 11.1 Å². The van der Waals surface area contributed by atoms with Crippen LogP contribution in [0.3, 0.4) is 0 Å². The van der Waals surface area contributed by atoms with E-state index in [-0.39, 0.29) is 12.2 Å². The van der Waals surface area contributed by atoms with Crippen LogP contribution in [0, 0.1) is 0 Å². The molecule has 0 saturated heterocycles. The second-order valence-corrected chi connectivity index (χ2v) is 6.16. The largest absolute Gasteiger partial charge is 0.457 e. The number of benzene rings is 3. The fourth-order valence-electron chi connectivity index (χ4n) is 2.46. The Morgan fingerprint density at radius 1 is 0.840 bits per heavy atom. The standard InChI is InChI=1S/C22H18ClFO/c23-19-12-9-17(10-13-19)11-14-20(24)15-18-5-4-8-22(16-18)25-21-6-2-1-3-7-21/h1-10,12-14,16H,11,15H2. The molecule has 3 aromatic carbocycles. The van der Waals surface area contributed by atoms with Crippen LogP contribution in [-0.4, -0.2) is 0 Å². The predicted molar refractivity (Wildman–Crippen MR) is 101 cm³/mol. The Bertz CT molecular complexity index is 841. The van der Waals surface area contributed by atoms with Crippen LogP contribution in [0.2, 0.25) is 5.02 Å². The van der Waals surface area contributed by atoms with E-state index in [0.717, 1.165) is 16.9 Å². The fourth-order valence-corrected chi connectivity index (χ4v) is 2.59. The molecule has 3 aromatic rings. The Hall–Kier alpha value is -2.58. The lowest BCUT2D eigenvalue weighted by Gasteiger charge is -2.07. The minimum Gasteiger partial charge on any atom is -0.457 e. The van der Waals surface area contributed by atoms with Gasteiger partial charge in [-0.1, -0.05) is 54.1 Å². The van der Waals surface area contributed by atoms with E-state index in [9.17, 15) is 4.39 Å². The molecule has 25 heavy (non-hydrogen) atoms. The van der Waals surface area contributed by atoms with E-state index in [1.165, 1.54) is 0 Å². The van der Waals surface area contributed by atoms with Crippen molar-refractivity contribution in [2.75, 3.05) is 0 Å². The minimum atomic E-state index is -0.160. The van der Waals surface area contributed by atoms with Gasteiger partial charge in [-0.3, -0.25) is 0 Å². The van der Waals surface area contributed by atoms with Crippen LogP contribution >= 0.6 is 11.6 Å². The number of para-hydroxylation sites is 1. The van der Waals surface area contributed by atoms with Crippen molar-refractivity contribution >= 4 is 11.6 Å². The van der Waals surface area contributed by atoms with Crippen molar-refractivity contribution < 1.29 is 9.13 Å². The minimum absolute atomic E-state index is 0.160. The molecule has 0 aliphatic carbocycles. The molecule has 3 heteroatoms. The number of rotatable bonds is 6. The van der Waals surface area contributed by atoms with Crippen LogP contribution < -0.4 is 4.74 Å². The van der Waals surface area contributed by atoms with Crippen molar-refractivity contribution in [3.8, 4) is 11.5 Å². The molecule has 0 atom stereocenters. The fraction of sp³-hybridized carbons (Fsp3) is 0.0909. The topological polar surface area (TPSA) is 9.23 Å². The SMILES string of the molecule is FC(=CCc1ccc(Cl)cc1)Cc1cccc(Oc2ccccc2)c1. The number of hydrogen-bond acceptors (Lipinski definition) is 1. The van der Waals surface area contributed by atoms with Gasteiger partial charge >= 0.3 is 0 Å². The molecule has 0 radical (unpaired) electrons. The van der Waals surface area contributed by atoms with Crippen molar-refractivity contribution in [2.45, 2.75) is 12.8 Å². The molecule has 1 nitrogen and oxygen atoms in total. The lowest BCUT2D eigenvalue weighted by atomic mass is 10.1. The Morgan fingerprint density at radius 3 is 2.32 bits per heavy atom. The summed E-state index contributed by atoms with van der Waals surface area (Å²) >= 11 is 5.85. The summed E-state index contributed by atoms with van der Waals surface area (Å²) in [7, 11) is 0. The Balaban J connectivity index is 1.62. The first-order chi connectivity index (χ1) is 12.2. The third-order valence-corrected chi connectivity index (χ3v) is 3.97. The summed E-state index contributed by atoms with van der Waals surface area (Å²) in [5, 5.41) is 0.684. The van der Waals surface area contributed by atoms with Crippen molar-refractivity contribution in [3.05, 3.63) is 107 Å². The summed E-state index contributed by atoms with van der Waals surface area (Å²) in [6.45, 7) is 0. The van der Waals surface area contributed by atoms with Gasteiger partial charge in [0.15, 0.2) is 0 Å². The van der Waals surface area contributed by atoms with Gasteiger partial charge in [-0.2, -0.15) is 0 Å². The second kappa shape index (κ2) is 8.50. The zero-order valence-electron chi connectivity index (χ0n) is 13.7. The zero-order valence-corrected chi connectivity index (χ0v) is 14.4. The lowest BCUT2D eigenvalue weighted by Crippen LogP contribution is -1.90. The molecule has 0 spiro atoms. The van der Waals surface area contributed by atoms with Crippen molar-refractivity contribution in [2.24, 2.45) is 0 Å². The van der Waals surface area contributed by atoms with Crippen molar-refractivity contribution in [1.82, 2.24) is 0 Å². The Kier molecular flexibility index (Phi) is 5.86. The van der Waals surface area contributed by atoms with E-state index in [0.29, 0.717) is 17.2 Å². The smallest absolute Gasteiger partial charge is 0.127 e. The third kappa shape index (κ3) is 5.47. The number of allylic oxidation sites excluding steroid dienone is 2. The first-order valence-electron chi connectivity index (χ1n) is 8.10. The van der Waals surface area contributed by atoms with Gasteiger partial charge in [0.05, 0.1) is 0 Å². The maximum Gasteiger partial charge on any atom is 0.127 e. The van der Waals surface area contributed by atoms with E-state index in [1.807, 2.05) is 78.9 Å². The van der Waals surface area contributed by atoms with Gasteiger partial charge in [-0.05, 0) is 60.0 Å². The van der Waals surface area contributed by atoms with Gasteiger partial charge in [0.25, 0.3) is 0 Å². The summed E-state index contributed by atoms with van der Waals surface area (Å²) in [5.41, 5.74) is 1.90.